The first-order valence-electron chi connectivity index (χ1n) is 16.3. The lowest BCUT2D eigenvalue weighted by Gasteiger charge is -2.38. The second-order valence-corrected chi connectivity index (χ2v) is 27.2. The molecule has 0 aromatic heterocycles. The Morgan fingerprint density at radius 3 is 0.930 bits per heavy atom. The van der Waals surface area contributed by atoms with Gasteiger partial charge in [-0.15, -0.1) is 11.1 Å². The van der Waals surface area contributed by atoms with Crippen LogP contribution in [0.25, 0.3) is 0 Å². The van der Waals surface area contributed by atoms with Gasteiger partial charge in [0.15, 0.2) is 0 Å². The molecule has 0 aliphatic heterocycles. The van der Waals surface area contributed by atoms with Crippen molar-refractivity contribution in [2.24, 2.45) is 10.8 Å². The lowest BCUT2D eigenvalue weighted by atomic mass is 9.97. The molecule has 0 aromatic rings. The summed E-state index contributed by atoms with van der Waals surface area (Å²) in [6.45, 7) is 38.3. The van der Waals surface area contributed by atoms with Crippen LogP contribution in [0.3, 0.4) is 0 Å². The van der Waals surface area contributed by atoms with Gasteiger partial charge in [-0.2, -0.15) is 0 Å². The van der Waals surface area contributed by atoms with Crippen LogP contribution in [-0.4, -0.2) is 41.3 Å². The summed E-state index contributed by atoms with van der Waals surface area (Å²) in [5.41, 5.74) is 13.5. The Morgan fingerprint density at radius 2 is 0.744 bits per heavy atom. The maximum Gasteiger partial charge on any atom is 0.311 e. The van der Waals surface area contributed by atoms with Gasteiger partial charge in [0.05, 0.1) is 22.0 Å². The summed E-state index contributed by atoms with van der Waals surface area (Å²) in [6.07, 6.45) is 0. The van der Waals surface area contributed by atoms with Crippen LogP contribution >= 0.6 is 0 Å². The minimum atomic E-state index is -2.07. The molecule has 0 heterocycles. The van der Waals surface area contributed by atoms with E-state index >= 15 is 0 Å². The molecular formula is C37H64O4Si2. The van der Waals surface area contributed by atoms with Gasteiger partial charge in [0.25, 0.3) is 0 Å². The van der Waals surface area contributed by atoms with E-state index in [9.17, 15) is 9.59 Å². The van der Waals surface area contributed by atoms with Gasteiger partial charge in [-0.1, -0.05) is 101 Å². The number of carbonyl (C=O) groups is 2. The minimum Gasteiger partial charge on any atom is -0.459 e. The normalized spacial score (nSPS) is 12.7. The summed E-state index contributed by atoms with van der Waals surface area (Å²) in [5, 5.41) is 0. The molecule has 0 amide bonds. The molecular weight excluding hydrogens is 565 g/mol. The highest BCUT2D eigenvalue weighted by Gasteiger charge is 2.42. The predicted octanol–water partition coefficient (Wildman–Crippen LogP) is 10.1. The third-order valence-electron chi connectivity index (χ3n) is 8.81. The van der Waals surface area contributed by atoms with Crippen LogP contribution in [-0.2, 0) is 19.1 Å². The van der Waals surface area contributed by atoms with Crippen molar-refractivity contribution in [3.63, 3.8) is 0 Å². The van der Waals surface area contributed by atoms with Crippen molar-refractivity contribution in [3.05, 3.63) is 16.9 Å². The summed E-state index contributed by atoms with van der Waals surface area (Å²) >= 11 is 0. The van der Waals surface area contributed by atoms with Crippen LogP contribution in [0.1, 0.15) is 125 Å². The summed E-state index contributed by atoms with van der Waals surface area (Å²) in [7, 11) is -4.15. The molecule has 6 heteroatoms. The molecule has 0 unspecified atom stereocenters. The monoisotopic (exact) mass is 628 g/mol. The highest BCUT2D eigenvalue weighted by Crippen LogP contribution is 2.42. The van der Waals surface area contributed by atoms with Crippen molar-refractivity contribution >= 4 is 28.1 Å². The predicted molar refractivity (Wildman–Crippen MR) is 189 cm³/mol. The average Bonchev–Trinajstić information content (AvgIpc) is 2.82. The fourth-order valence-corrected chi connectivity index (χ4v) is 16.8. The summed E-state index contributed by atoms with van der Waals surface area (Å²) in [4.78, 5) is 25.6. The number of carbonyl (C=O) groups excluding carboxylic acids is 2. The van der Waals surface area contributed by atoms with Crippen molar-refractivity contribution in [2.45, 2.75) is 158 Å². The maximum atomic E-state index is 12.8. The number of rotatable bonds is 10. The SMILES string of the molecule is CC(C)[Si](C#CC(=C=C(C#C[Si](C(C)C)(C(C)C)C(C)C)COC(=O)C(C)(C)C)COC(=O)C(C)(C)C)(C(C)C)C(C)C. The van der Waals surface area contributed by atoms with Crippen LogP contribution in [0.5, 0.6) is 0 Å². The molecule has 0 rings (SSSR count). The van der Waals surface area contributed by atoms with Crippen LogP contribution in [0.2, 0.25) is 33.2 Å². The molecule has 0 radical (unpaired) electrons. The van der Waals surface area contributed by atoms with E-state index in [2.05, 4.69) is 112 Å². The summed E-state index contributed by atoms with van der Waals surface area (Å²) in [5.74, 6) is 6.30. The van der Waals surface area contributed by atoms with Gasteiger partial charge in [0, 0.05) is 0 Å². The molecule has 0 atom stereocenters. The van der Waals surface area contributed by atoms with Crippen LogP contribution in [0, 0.1) is 33.8 Å². The van der Waals surface area contributed by atoms with E-state index in [1.165, 1.54) is 0 Å². The van der Waals surface area contributed by atoms with Crippen molar-refractivity contribution < 1.29 is 19.1 Å². The first kappa shape index (κ1) is 41.0. The van der Waals surface area contributed by atoms with Crippen LogP contribution in [0.15, 0.2) is 16.9 Å². The molecule has 43 heavy (non-hydrogen) atoms. The summed E-state index contributed by atoms with van der Waals surface area (Å²) in [6, 6.07) is 0. The third-order valence-corrected chi connectivity index (χ3v) is 21.4. The number of hydrogen-bond acceptors (Lipinski definition) is 4. The van der Waals surface area contributed by atoms with Crippen molar-refractivity contribution in [3.8, 4) is 22.9 Å². The second kappa shape index (κ2) is 16.4. The zero-order chi connectivity index (χ0) is 34.1. The third kappa shape index (κ3) is 11.1. The Morgan fingerprint density at radius 1 is 0.512 bits per heavy atom. The van der Waals surface area contributed by atoms with Gasteiger partial charge < -0.3 is 9.47 Å². The van der Waals surface area contributed by atoms with E-state index in [4.69, 9.17) is 9.47 Å². The number of hydrogen-bond donors (Lipinski definition) is 0. The molecule has 244 valence electrons. The Labute approximate surface area is 268 Å². The fraction of sp³-hybridized carbons (Fsp3) is 0.757. The maximum absolute atomic E-state index is 12.8. The van der Waals surface area contributed by atoms with Crippen molar-refractivity contribution in [1.82, 2.24) is 0 Å². The van der Waals surface area contributed by atoms with Gasteiger partial charge in [0.1, 0.15) is 29.4 Å². The van der Waals surface area contributed by atoms with Gasteiger partial charge in [-0.05, 0) is 74.8 Å². The quantitative estimate of drug-likeness (QED) is 0.105. The molecule has 0 spiro atoms. The molecule has 0 saturated carbocycles. The van der Waals surface area contributed by atoms with E-state index in [1.807, 2.05) is 41.5 Å². The lowest BCUT2D eigenvalue weighted by molar-refractivity contribution is -0.152. The smallest absolute Gasteiger partial charge is 0.311 e. The van der Waals surface area contributed by atoms with Crippen LogP contribution < -0.4 is 0 Å². The fourth-order valence-electron chi connectivity index (χ4n) is 6.33. The Bertz CT molecular complexity index is 1010. The molecule has 4 nitrogen and oxygen atoms in total. The van der Waals surface area contributed by atoms with Gasteiger partial charge in [-0.25, -0.2) is 0 Å². The molecule has 0 bridgehead atoms. The molecule has 0 aromatic carbocycles. The van der Waals surface area contributed by atoms with Gasteiger partial charge >= 0.3 is 11.9 Å². The van der Waals surface area contributed by atoms with E-state index in [-0.39, 0.29) is 25.2 Å². The standard InChI is InChI=1S/C37H64O4Si2/c1-26(2)42(27(3)4,28(5)6)21-19-32(24-40-34(38)36(13,14)15)23-33(25-41-35(39)37(16,17)18)20-22-43(29(7)8,30(9)10)31(11)12/h26-31H,24-25H2,1-18H3. The molecule has 0 aliphatic carbocycles. The topological polar surface area (TPSA) is 52.6 Å². The Hall–Kier alpha value is -1.99. The molecule has 0 aliphatic rings. The average molecular weight is 629 g/mol. The zero-order valence-corrected chi connectivity index (χ0v) is 33.0. The van der Waals surface area contributed by atoms with Gasteiger partial charge in [0.2, 0.25) is 0 Å². The van der Waals surface area contributed by atoms with Crippen molar-refractivity contribution in [2.75, 3.05) is 13.2 Å². The highest BCUT2D eigenvalue weighted by molar-refractivity contribution is 6.91. The molecule has 0 fully saturated rings. The Balaban J connectivity index is 7.67. The molecule has 0 N–H and O–H groups in total. The number of esters is 2. The van der Waals surface area contributed by atoms with E-state index in [1.54, 1.807) is 0 Å². The van der Waals surface area contributed by atoms with E-state index < -0.39 is 27.0 Å². The molecule has 0 saturated heterocycles. The second-order valence-electron chi connectivity index (χ2n) is 16.0. The van der Waals surface area contributed by atoms with Crippen LogP contribution in [0.4, 0.5) is 0 Å². The first-order chi connectivity index (χ1) is 19.4. The largest absolute Gasteiger partial charge is 0.459 e. The zero-order valence-electron chi connectivity index (χ0n) is 31.0. The first-order valence-corrected chi connectivity index (χ1v) is 20.7. The van der Waals surface area contributed by atoms with Gasteiger partial charge in [-0.3, -0.25) is 9.59 Å². The number of ether oxygens (including phenoxy) is 2. The highest BCUT2D eigenvalue weighted by atomic mass is 28.3. The van der Waals surface area contributed by atoms with E-state index in [0.29, 0.717) is 44.4 Å². The van der Waals surface area contributed by atoms with E-state index in [0.717, 1.165) is 0 Å². The minimum absolute atomic E-state index is 0.00137. The van der Waals surface area contributed by atoms with Crippen molar-refractivity contribution in [1.29, 1.82) is 0 Å². The summed E-state index contributed by atoms with van der Waals surface area (Å²) < 4.78 is 11.5. The Kier molecular flexibility index (Phi) is 15.6. The lowest BCUT2D eigenvalue weighted by Crippen LogP contribution is -2.43.